The number of halogens is 1. The lowest BCUT2D eigenvalue weighted by molar-refractivity contribution is 0.102. The highest BCUT2D eigenvalue weighted by molar-refractivity contribution is 6.08. The number of aldehydes is 1. The van der Waals surface area contributed by atoms with Gasteiger partial charge in [-0.2, -0.15) is 5.10 Å². The molecule has 3 rings (SSSR count). The number of hydrogen-bond acceptors (Lipinski definition) is 3. The van der Waals surface area contributed by atoms with Gasteiger partial charge in [-0.25, -0.2) is 4.39 Å². The number of benzene rings is 2. The van der Waals surface area contributed by atoms with E-state index < -0.39 is 0 Å². The number of amides is 1. The molecule has 1 aromatic heterocycles. The Hall–Kier alpha value is -3.28. The Morgan fingerprint density at radius 1 is 1.14 bits per heavy atom. The van der Waals surface area contributed by atoms with Crippen LogP contribution in [0.2, 0.25) is 0 Å². The van der Waals surface area contributed by atoms with Gasteiger partial charge in [-0.05, 0) is 69.7 Å². The zero-order chi connectivity index (χ0) is 20.5. The van der Waals surface area contributed by atoms with Crippen LogP contribution in [-0.4, -0.2) is 22.0 Å². The van der Waals surface area contributed by atoms with Crippen LogP contribution in [-0.2, 0) is 5.54 Å². The van der Waals surface area contributed by atoms with Gasteiger partial charge < -0.3 is 5.32 Å². The van der Waals surface area contributed by atoms with Gasteiger partial charge in [-0.3, -0.25) is 14.3 Å². The summed E-state index contributed by atoms with van der Waals surface area (Å²) in [6, 6.07) is 11.1. The van der Waals surface area contributed by atoms with Crippen LogP contribution in [0, 0.1) is 12.7 Å². The molecule has 0 radical (unpaired) electrons. The van der Waals surface area contributed by atoms with Crippen LogP contribution < -0.4 is 5.32 Å². The van der Waals surface area contributed by atoms with Gasteiger partial charge in [0.15, 0.2) is 0 Å². The van der Waals surface area contributed by atoms with E-state index in [4.69, 9.17) is 0 Å². The monoisotopic (exact) mass is 379 g/mol. The number of nitrogens with zero attached hydrogens (tertiary/aromatic N) is 2. The van der Waals surface area contributed by atoms with Crippen LogP contribution >= 0.6 is 0 Å². The molecule has 0 saturated carbocycles. The summed E-state index contributed by atoms with van der Waals surface area (Å²) in [6.45, 7) is 7.76. The van der Waals surface area contributed by atoms with Crippen molar-refractivity contribution in [2.24, 2.45) is 0 Å². The second-order valence-electron chi connectivity index (χ2n) is 7.64. The number of carbonyl (C=O) groups is 2. The normalized spacial score (nSPS) is 11.3. The third kappa shape index (κ3) is 3.86. The summed E-state index contributed by atoms with van der Waals surface area (Å²) in [5.74, 6) is -0.701. The minimum atomic E-state index is -0.378. The molecule has 2 aromatic carbocycles. The van der Waals surface area contributed by atoms with E-state index in [9.17, 15) is 14.0 Å². The number of rotatable bonds is 4. The predicted octanol–water partition coefficient (Wildman–Crippen LogP) is 4.82. The molecule has 144 valence electrons. The summed E-state index contributed by atoms with van der Waals surface area (Å²) in [5, 5.41) is 7.22. The smallest absolute Gasteiger partial charge is 0.259 e. The van der Waals surface area contributed by atoms with Crippen molar-refractivity contribution < 1.29 is 14.0 Å². The number of hydrogen-bond donors (Lipinski definition) is 1. The van der Waals surface area contributed by atoms with Gasteiger partial charge in [0.2, 0.25) is 0 Å². The zero-order valence-electron chi connectivity index (χ0n) is 16.3. The van der Waals surface area contributed by atoms with E-state index in [0.29, 0.717) is 28.1 Å². The number of carbonyl (C=O) groups excluding carboxylic acids is 2. The predicted molar refractivity (Wildman–Crippen MR) is 107 cm³/mol. The van der Waals surface area contributed by atoms with E-state index in [2.05, 4.69) is 10.4 Å². The van der Waals surface area contributed by atoms with Gasteiger partial charge in [0.25, 0.3) is 5.91 Å². The minimum absolute atomic E-state index is 0.349. The van der Waals surface area contributed by atoms with Crippen LogP contribution in [0.1, 0.15) is 47.1 Å². The molecule has 0 spiro atoms. The Kier molecular flexibility index (Phi) is 5.14. The van der Waals surface area contributed by atoms with Crippen molar-refractivity contribution in [2.75, 3.05) is 5.32 Å². The summed E-state index contributed by atoms with van der Waals surface area (Å²) >= 11 is 0. The highest BCUT2D eigenvalue weighted by Gasteiger charge is 2.25. The summed E-state index contributed by atoms with van der Waals surface area (Å²) in [4.78, 5) is 24.1. The average Bonchev–Trinajstić information content (AvgIpc) is 3.09. The largest absolute Gasteiger partial charge is 0.322 e. The number of aromatic nitrogens is 2. The highest BCUT2D eigenvalue weighted by atomic mass is 19.1. The zero-order valence-corrected chi connectivity index (χ0v) is 16.3. The first-order chi connectivity index (χ1) is 13.2. The Morgan fingerprint density at radius 2 is 1.82 bits per heavy atom. The molecule has 1 amide bonds. The molecule has 0 unspecified atom stereocenters. The van der Waals surface area contributed by atoms with E-state index in [1.807, 2.05) is 27.7 Å². The number of nitrogens with one attached hydrogen (secondary N) is 1. The minimum Gasteiger partial charge on any atom is -0.322 e. The standard InChI is InChI=1S/C22H22FN3O2/c1-14-5-10-18(11-16(14)13-27)25-21(28)19-12-24-26(22(2,3)4)20(19)15-6-8-17(23)9-7-15/h5-13H,1-4H3,(H,25,28). The molecular formula is C22H22FN3O2. The molecule has 3 aromatic rings. The lowest BCUT2D eigenvalue weighted by atomic mass is 10.0. The summed E-state index contributed by atoms with van der Waals surface area (Å²) in [5.41, 5.74) is 3.16. The molecule has 0 saturated heterocycles. The molecule has 0 atom stereocenters. The highest BCUT2D eigenvalue weighted by Crippen LogP contribution is 2.30. The van der Waals surface area contributed by atoms with Crippen molar-refractivity contribution in [3.63, 3.8) is 0 Å². The lowest BCUT2D eigenvalue weighted by Gasteiger charge is -2.23. The van der Waals surface area contributed by atoms with E-state index in [1.54, 1.807) is 35.0 Å². The first kappa shape index (κ1) is 19.5. The summed E-state index contributed by atoms with van der Waals surface area (Å²) in [6.07, 6.45) is 2.26. The molecule has 5 nitrogen and oxygen atoms in total. The molecule has 0 fully saturated rings. The molecule has 6 heteroatoms. The first-order valence-corrected chi connectivity index (χ1v) is 8.92. The van der Waals surface area contributed by atoms with Crippen molar-refractivity contribution in [1.29, 1.82) is 0 Å². The van der Waals surface area contributed by atoms with Crippen LogP contribution in [0.3, 0.4) is 0 Å². The van der Waals surface area contributed by atoms with Crippen LogP contribution in [0.5, 0.6) is 0 Å². The first-order valence-electron chi connectivity index (χ1n) is 8.92. The molecule has 0 aliphatic carbocycles. The Labute approximate surface area is 163 Å². The quantitative estimate of drug-likeness (QED) is 0.661. The fraction of sp³-hybridized carbons (Fsp3) is 0.227. The lowest BCUT2D eigenvalue weighted by Crippen LogP contribution is -2.24. The maximum atomic E-state index is 13.4. The van der Waals surface area contributed by atoms with Crippen LogP contribution in [0.25, 0.3) is 11.3 Å². The van der Waals surface area contributed by atoms with E-state index >= 15 is 0 Å². The van der Waals surface area contributed by atoms with Crippen LogP contribution in [0.15, 0.2) is 48.7 Å². The van der Waals surface area contributed by atoms with E-state index in [1.165, 1.54) is 18.3 Å². The second kappa shape index (κ2) is 7.38. The average molecular weight is 379 g/mol. The molecular weight excluding hydrogens is 357 g/mol. The maximum Gasteiger partial charge on any atom is 0.259 e. The van der Waals surface area contributed by atoms with Crippen molar-refractivity contribution in [2.45, 2.75) is 33.2 Å². The fourth-order valence-electron chi connectivity index (χ4n) is 2.95. The Morgan fingerprint density at radius 3 is 2.43 bits per heavy atom. The topological polar surface area (TPSA) is 64.0 Å². The molecule has 1 N–H and O–H groups in total. The van der Waals surface area contributed by atoms with Crippen molar-refractivity contribution in [3.8, 4) is 11.3 Å². The van der Waals surface area contributed by atoms with Crippen molar-refractivity contribution in [1.82, 2.24) is 9.78 Å². The third-order valence-corrected chi connectivity index (χ3v) is 4.43. The summed E-state index contributed by atoms with van der Waals surface area (Å²) in [7, 11) is 0. The Bertz CT molecular complexity index is 1030. The van der Waals surface area contributed by atoms with Gasteiger partial charge in [-0.15, -0.1) is 0 Å². The molecule has 0 aliphatic rings. The third-order valence-electron chi connectivity index (χ3n) is 4.43. The molecule has 1 heterocycles. The number of aryl methyl sites for hydroxylation is 1. The maximum absolute atomic E-state index is 13.4. The van der Waals surface area contributed by atoms with Crippen molar-refractivity contribution >= 4 is 17.9 Å². The SMILES string of the molecule is Cc1ccc(NC(=O)c2cnn(C(C)(C)C)c2-c2ccc(F)cc2)cc1C=O. The van der Waals surface area contributed by atoms with E-state index in [-0.39, 0.29) is 17.3 Å². The van der Waals surface area contributed by atoms with Gasteiger partial charge in [0, 0.05) is 16.8 Å². The summed E-state index contributed by atoms with van der Waals surface area (Å²) < 4.78 is 15.1. The van der Waals surface area contributed by atoms with E-state index in [0.717, 1.165) is 11.8 Å². The van der Waals surface area contributed by atoms with Gasteiger partial charge >= 0.3 is 0 Å². The van der Waals surface area contributed by atoms with Gasteiger partial charge in [0.1, 0.15) is 12.1 Å². The molecule has 0 aliphatic heterocycles. The molecule has 0 bridgehead atoms. The number of anilines is 1. The van der Waals surface area contributed by atoms with Crippen LogP contribution in [0.4, 0.5) is 10.1 Å². The van der Waals surface area contributed by atoms with Gasteiger partial charge in [0.05, 0.1) is 23.0 Å². The second-order valence-corrected chi connectivity index (χ2v) is 7.64. The Balaban J connectivity index is 2.04. The molecule has 28 heavy (non-hydrogen) atoms. The fourth-order valence-corrected chi connectivity index (χ4v) is 2.95. The van der Waals surface area contributed by atoms with Gasteiger partial charge in [-0.1, -0.05) is 6.07 Å². The van der Waals surface area contributed by atoms with Crippen molar-refractivity contribution in [3.05, 3.63) is 71.2 Å².